The Bertz CT molecular complexity index is 1600. The van der Waals surface area contributed by atoms with E-state index in [1.165, 1.54) is 18.4 Å². The molecular weight excluding hydrogens is 524 g/mol. The van der Waals surface area contributed by atoms with Crippen LogP contribution in [0.4, 0.5) is 5.82 Å². The number of piperidine rings is 1. The Balaban J connectivity index is 1.12. The number of pyridine rings is 1. The van der Waals surface area contributed by atoms with Crippen LogP contribution in [0.3, 0.4) is 0 Å². The van der Waals surface area contributed by atoms with Gasteiger partial charge >= 0.3 is 0 Å². The molecule has 2 fully saturated rings. The molecular formula is C33H34N8O. The SMILES string of the molecule is c1ccc(-c2cc(N3CCOCC3)nnc2-c2ccc(CN3CCCCC3c3n[nH]c(-c4ccccn4)n3)cc2)cc1. The van der Waals surface area contributed by atoms with Crippen molar-refractivity contribution in [2.45, 2.75) is 31.8 Å². The van der Waals surface area contributed by atoms with E-state index < -0.39 is 0 Å². The highest BCUT2D eigenvalue weighted by atomic mass is 16.5. The Morgan fingerprint density at radius 1 is 0.833 bits per heavy atom. The van der Waals surface area contributed by atoms with Gasteiger partial charge in [0.25, 0.3) is 0 Å². The third-order valence-electron chi connectivity index (χ3n) is 8.14. The number of hydrogen-bond acceptors (Lipinski definition) is 8. The van der Waals surface area contributed by atoms with E-state index in [1.54, 1.807) is 6.20 Å². The first-order valence-electron chi connectivity index (χ1n) is 14.7. The summed E-state index contributed by atoms with van der Waals surface area (Å²) in [7, 11) is 0. The van der Waals surface area contributed by atoms with Crippen LogP contribution < -0.4 is 4.90 Å². The Morgan fingerprint density at radius 3 is 2.48 bits per heavy atom. The van der Waals surface area contributed by atoms with Gasteiger partial charge in [0.15, 0.2) is 17.5 Å². The zero-order valence-corrected chi connectivity index (χ0v) is 23.6. The topological polar surface area (TPSA) is 96.0 Å². The molecule has 1 N–H and O–H groups in total. The number of likely N-dealkylation sites (tertiary alicyclic amines) is 1. The van der Waals surface area contributed by atoms with Crippen LogP contribution in [0.25, 0.3) is 33.9 Å². The standard InChI is InChI=1S/C33H34N8O/c1-2-8-25(9-3-1)27-22-30(40-18-20-42-21-19-40)36-37-31(27)26-14-12-24(13-15-26)23-41-17-7-5-11-29(41)33-35-32(38-39-33)28-10-4-6-16-34-28/h1-4,6,8-10,12-16,22,29H,5,7,11,17-21,23H2,(H,35,38,39). The lowest BCUT2D eigenvalue weighted by molar-refractivity contribution is 0.122. The number of aromatic nitrogens is 6. The van der Waals surface area contributed by atoms with Crippen LogP contribution in [0.15, 0.2) is 85.1 Å². The normalized spacial score (nSPS) is 17.8. The van der Waals surface area contributed by atoms with Gasteiger partial charge < -0.3 is 9.64 Å². The van der Waals surface area contributed by atoms with Gasteiger partial charge in [-0.15, -0.1) is 10.2 Å². The Hall–Kier alpha value is -4.47. The number of rotatable bonds is 7. The number of hydrogen-bond donors (Lipinski definition) is 1. The monoisotopic (exact) mass is 558 g/mol. The van der Waals surface area contributed by atoms with Gasteiger partial charge in [0.2, 0.25) is 0 Å². The minimum atomic E-state index is 0.176. The summed E-state index contributed by atoms with van der Waals surface area (Å²) >= 11 is 0. The average Bonchev–Trinajstić information content (AvgIpc) is 3.57. The van der Waals surface area contributed by atoms with Gasteiger partial charge in [-0.1, -0.05) is 67.1 Å². The van der Waals surface area contributed by atoms with E-state index >= 15 is 0 Å². The largest absolute Gasteiger partial charge is 0.378 e. The first-order chi connectivity index (χ1) is 20.8. The summed E-state index contributed by atoms with van der Waals surface area (Å²) in [6, 6.07) is 27.4. The smallest absolute Gasteiger partial charge is 0.174 e. The molecule has 3 aromatic heterocycles. The number of aromatic amines is 1. The van der Waals surface area contributed by atoms with Crippen LogP contribution in [-0.4, -0.2) is 68.1 Å². The molecule has 2 aliphatic rings. The van der Waals surface area contributed by atoms with Crippen LogP contribution in [-0.2, 0) is 11.3 Å². The Labute approximate surface area is 245 Å². The molecule has 1 atom stereocenters. The molecule has 2 aromatic carbocycles. The predicted octanol–water partition coefficient (Wildman–Crippen LogP) is 5.55. The number of nitrogens with zero attached hydrogens (tertiary/aromatic N) is 7. The van der Waals surface area contributed by atoms with Crippen molar-refractivity contribution in [1.29, 1.82) is 0 Å². The minimum absolute atomic E-state index is 0.176. The highest BCUT2D eigenvalue weighted by molar-refractivity contribution is 5.82. The van der Waals surface area contributed by atoms with E-state index in [4.69, 9.17) is 14.8 Å². The van der Waals surface area contributed by atoms with Gasteiger partial charge in [0.05, 0.1) is 19.3 Å². The van der Waals surface area contributed by atoms with Crippen molar-refractivity contribution >= 4 is 5.82 Å². The molecule has 0 amide bonds. The fourth-order valence-corrected chi connectivity index (χ4v) is 5.90. The van der Waals surface area contributed by atoms with Crippen molar-refractivity contribution in [2.24, 2.45) is 0 Å². The summed E-state index contributed by atoms with van der Waals surface area (Å²) in [5.74, 6) is 2.46. The molecule has 0 aliphatic carbocycles. The van der Waals surface area contributed by atoms with E-state index in [0.717, 1.165) is 78.1 Å². The third kappa shape index (κ3) is 5.66. The number of H-pyrrole nitrogens is 1. The van der Waals surface area contributed by atoms with E-state index in [1.807, 2.05) is 24.3 Å². The first-order valence-corrected chi connectivity index (χ1v) is 14.7. The van der Waals surface area contributed by atoms with Gasteiger partial charge in [-0.25, -0.2) is 4.98 Å². The lowest BCUT2D eigenvalue weighted by Gasteiger charge is -2.34. The van der Waals surface area contributed by atoms with Crippen molar-refractivity contribution in [1.82, 2.24) is 35.3 Å². The van der Waals surface area contributed by atoms with E-state index in [9.17, 15) is 0 Å². The second-order valence-corrected chi connectivity index (χ2v) is 10.9. The second kappa shape index (κ2) is 12.2. The second-order valence-electron chi connectivity index (χ2n) is 10.9. The Kier molecular flexibility index (Phi) is 7.67. The van der Waals surface area contributed by atoms with Crippen molar-refractivity contribution < 1.29 is 4.74 Å². The summed E-state index contributed by atoms with van der Waals surface area (Å²) in [6.45, 7) is 4.94. The first kappa shape index (κ1) is 26.4. The van der Waals surface area contributed by atoms with E-state index in [0.29, 0.717) is 13.2 Å². The number of morpholine rings is 1. The summed E-state index contributed by atoms with van der Waals surface area (Å²) in [4.78, 5) is 14.0. The van der Waals surface area contributed by atoms with Gasteiger partial charge in [-0.05, 0) is 48.7 Å². The number of benzene rings is 2. The minimum Gasteiger partial charge on any atom is -0.378 e. The molecule has 5 heterocycles. The highest BCUT2D eigenvalue weighted by Gasteiger charge is 2.28. The van der Waals surface area contributed by atoms with E-state index in [-0.39, 0.29) is 6.04 Å². The van der Waals surface area contributed by atoms with Gasteiger partial charge in [-0.3, -0.25) is 15.0 Å². The molecule has 2 saturated heterocycles. The Morgan fingerprint density at radius 2 is 1.67 bits per heavy atom. The van der Waals surface area contributed by atoms with Crippen molar-refractivity contribution in [2.75, 3.05) is 37.7 Å². The average molecular weight is 559 g/mol. The highest BCUT2D eigenvalue weighted by Crippen LogP contribution is 2.34. The van der Waals surface area contributed by atoms with Crippen LogP contribution in [0.5, 0.6) is 0 Å². The van der Waals surface area contributed by atoms with Crippen molar-refractivity contribution in [3.63, 3.8) is 0 Å². The number of ether oxygens (including phenoxy) is 1. The maximum Gasteiger partial charge on any atom is 0.174 e. The maximum absolute atomic E-state index is 5.54. The van der Waals surface area contributed by atoms with Crippen LogP contribution in [0, 0.1) is 0 Å². The fraction of sp³-hybridized carbons (Fsp3) is 0.303. The zero-order chi connectivity index (χ0) is 28.1. The lowest BCUT2D eigenvalue weighted by Crippen LogP contribution is -2.36. The van der Waals surface area contributed by atoms with Gasteiger partial charge in [-0.2, -0.15) is 5.10 Å². The molecule has 0 radical (unpaired) electrons. The molecule has 9 heteroatoms. The van der Waals surface area contributed by atoms with Gasteiger partial charge in [0, 0.05) is 37.0 Å². The number of anilines is 1. The van der Waals surface area contributed by atoms with Crippen LogP contribution in [0.2, 0.25) is 0 Å². The van der Waals surface area contributed by atoms with Crippen molar-refractivity contribution in [3.05, 3.63) is 96.4 Å². The van der Waals surface area contributed by atoms with Gasteiger partial charge in [0.1, 0.15) is 11.4 Å². The zero-order valence-electron chi connectivity index (χ0n) is 23.6. The maximum atomic E-state index is 5.54. The third-order valence-corrected chi connectivity index (χ3v) is 8.14. The van der Waals surface area contributed by atoms with Crippen LogP contribution >= 0.6 is 0 Å². The van der Waals surface area contributed by atoms with Crippen LogP contribution in [0.1, 0.15) is 36.7 Å². The number of nitrogens with one attached hydrogen (secondary N) is 1. The molecule has 42 heavy (non-hydrogen) atoms. The summed E-state index contributed by atoms with van der Waals surface area (Å²) in [5, 5.41) is 17.1. The van der Waals surface area contributed by atoms with E-state index in [2.05, 4.69) is 84.7 Å². The molecule has 0 saturated carbocycles. The summed E-state index contributed by atoms with van der Waals surface area (Å²) in [5.41, 5.74) is 6.24. The quantitative estimate of drug-likeness (QED) is 0.278. The molecule has 0 spiro atoms. The molecule has 1 unspecified atom stereocenters. The molecule has 0 bridgehead atoms. The molecule has 9 nitrogen and oxygen atoms in total. The fourth-order valence-electron chi connectivity index (χ4n) is 5.90. The lowest BCUT2D eigenvalue weighted by atomic mass is 9.98. The van der Waals surface area contributed by atoms with Crippen molar-refractivity contribution in [3.8, 4) is 33.9 Å². The molecule has 212 valence electrons. The molecule has 5 aromatic rings. The summed E-state index contributed by atoms with van der Waals surface area (Å²) in [6.07, 6.45) is 5.18. The molecule has 7 rings (SSSR count). The molecule has 2 aliphatic heterocycles. The summed E-state index contributed by atoms with van der Waals surface area (Å²) < 4.78 is 5.54. The predicted molar refractivity (Wildman–Crippen MR) is 163 cm³/mol.